The first-order chi connectivity index (χ1) is 15.1. The van der Waals surface area contributed by atoms with Crippen LogP contribution in [0.2, 0.25) is 0 Å². The molecule has 0 saturated carbocycles. The van der Waals surface area contributed by atoms with Crippen LogP contribution in [-0.2, 0) is 9.47 Å². The molecule has 162 valence electrons. The maximum atomic E-state index is 5.93. The Morgan fingerprint density at radius 3 is 2.42 bits per heavy atom. The molecule has 2 aliphatic rings. The quantitative estimate of drug-likeness (QED) is 0.643. The van der Waals surface area contributed by atoms with Crippen molar-refractivity contribution in [3.05, 3.63) is 42.5 Å². The predicted octanol–water partition coefficient (Wildman–Crippen LogP) is 3.53. The number of pyridine rings is 1. The van der Waals surface area contributed by atoms with Gasteiger partial charge in [0.05, 0.1) is 42.5 Å². The van der Waals surface area contributed by atoms with Crippen molar-refractivity contribution in [3.63, 3.8) is 0 Å². The van der Waals surface area contributed by atoms with Gasteiger partial charge in [-0.25, -0.2) is 4.98 Å². The second-order valence-electron chi connectivity index (χ2n) is 8.56. The van der Waals surface area contributed by atoms with Gasteiger partial charge in [-0.2, -0.15) is 9.97 Å². The lowest BCUT2D eigenvalue weighted by Crippen LogP contribution is -2.47. The molecule has 7 nitrogen and oxygen atoms in total. The lowest BCUT2D eigenvalue weighted by Gasteiger charge is -2.37. The number of hydrogen-bond donors (Lipinski definition) is 0. The average Bonchev–Trinajstić information content (AvgIpc) is 2.78. The minimum atomic E-state index is 0.136. The van der Waals surface area contributed by atoms with E-state index in [0.717, 1.165) is 53.7 Å². The van der Waals surface area contributed by atoms with Crippen LogP contribution in [0.5, 0.6) is 0 Å². The zero-order valence-corrected chi connectivity index (χ0v) is 18.4. The van der Waals surface area contributed by atoms with Crippen LogP contribution in [0, 0.1) is 0 Å². The van der Waals surface area contributed by atoms with Gasteiger partial charge in [0.2, 0.25) is 5.95 Å². The molecule has 2 aliphatic heterocycles. The van der Waals surface area contributed by atoms with E-state index < -0.39 is 0 Å². The van der Waals surface area contributed by atoms with Crippen molar-refractivity contribution in [3.8, 4) is 11.3 Å². The van der Waals surface area contributed by atoms with Gasteiger partial charge in [0.15, 0.2) is 5.65 Å². The van der Waals surface area contributed by atoms with Crippen LogP contribution >= 0.6 is 0 Å². The highest BCUT2D eigenvalue weighted by atomic mass is 16.5. The molecule has 3 atom stereocenters. The monoisotopic (exact) mass is 419 g/mol. The molecule has 31 heavy (non-hydrogen) atoms. The Kier molecular flexibility index (Phi) is 5.46. The standard InChI is InChI=1S/C24H29N5O2/c1-16-15-30-12-11-29(16)23-20-9-10-21(19-7-5-4-6-8-19)25-22(20)26-24(27-23)28-13-17(2)31-18(3)14-28/h4-10,16-18H,11-15H2,1-3H3/t16-,17?,18?/m0/s1. The molecule has 7 heteroatoms. The van der Waals surface area contributed by atoms with Gasteiger partial charge < -0.3 is 19.3 Å². The Hall–Kier alpha value is -2.77. The highest BCUT2D eigenvalue weighted by Gasteiger charge is 2.28. The lowest BCUT2D eigenvalue weighted by atomic mass is 10.1. The third-order valence-corrected chi connectivity index (χ3v) is 5.94. The highest BCUT2D eigenvalue weighted by molar-refractivity contribution is 5.90. The molecule has 2 saturated heterocycles. The van der Waals surface area contributed by atoms with Gasteiger partial charge >= 0.3 is 0 Å². The average molecular weight is 420 g/mol. The third kappa shape index (κ3) is 4.07. The molecule has 2 aromatic heterocycles. The number of ether oxygens (including phenoxy) is 2. The summed E-state index contributed by atoms with van der Waals surface area (Å²) < 4.78 is 11.6. The summed E-state index contributed by atoms with van der Waals surface area (Å²) >= 11 is 0. The fourth-order valence-electron chi connectivity index (χ4n) is 4.50. The van der Waals surface area contributed by atoms with Gasteiger partial charge in [-0.05, 0) is 32.9 Å². The smallest absolute Gasteiger partial charge is 0.229 e. The number of benzene rings is 1. The van der Waals surface area contributed by atoms with Crippen LogP contribution in [0.3, 0.4) is 0 Å². The van der Waals surface area contributed by atoms with E-state index in [1.54, 1.807) is 0 Å². The van der Waals surface area contributed by atoms with E-state index >= 15 is 0 Å². The Labute approximate surface area is 183 Å². The maximum Gasteiger partial charge on any atom is 0.229 e. The number of hydrogen-bond acceptors (Lipinski definition) is 7. The van der Waals surface area contributed by atoms with E-state index in [-0.39, 0.29) is 18.2 Å². The molecule has 0 N–H and O–H groups in total. The summed E-state index contributed by atoms with van der Waals surface area (Å²) in [6.07, 6.45) is 0.273. The molecule has 1 aromatic carbocycles. The summed E-state index contributed by atoms with van der Waals surface area (Å²) in [5, 5.41) is 0.978. The van der Waals surface area contributed by atoms with Crippen LogP contribution in [0.15, 0.2) is 42.5 Å². The van der Waals surface area contributed by atoms with Crippen molar-refractivity contribution >= 4 is 22.8 Å². The summed E-state index contributed by atoms with van der Waals surface area (Å²) in [5.41, 5.74) is 2.73. The second kappa shape index (κ2) is 8.40. The second-order valence-corrected chi connectivity index (χ2v) is 8.56. The molecule has 0 amide bonds. The first-order valence-electron chi connectivity index (χ1n) is 11.1. The van der Waals surface area contributed by atoms with Crippen LogP contribution in [0.1, 0.15) is 20.8 Å². The molecule has 0 spiro atoms. The van der Waals surface area contributed by atoms with E-state index in [4.69, 9.17) is 24.4 Å². The topological polar surface area (TPSA) is 63.6 Å². The minimum absolute atomic E-state index is 0.136. The zero-order valence-electron chi connectivity index (χ0n) is 18.4. The molecule has 0 bridgehead atoms. The van der Waals surface area contributed by atoms with Gasteiger partial charge in [0, 0.05) is 25.2 Å². The SMILES string of the molecule is CC1CN(c2nc(N3CCOC[C@@H]3C)c3ccc(-c4ccccc4)nc3n2)CC(C)O1. The van der Waals surface area contributed by atoms with Crippen molar-refractivity contribution < 1.29 is 9.47 Å². The number of anilines is 2. The van der Waals surface area contributed by atoms with Crippen molar-refractivity contribution in [1.29, 1.82) is 0 Å². The lowest BCUT2D eigenvalue weighted by molar-refractivity contribution is -0.00570. The molecular weight excluding hydrogens is 390 g/mol. The molecule has 4 heterocycles. The fourth-order valence-corrected chi connectivity index (χ4v) is 4.50. The normalized spacial score (nSPS) is 24.5. The molecule has 5 rings (SSSR count). The van der Waals surface area contributed by atoms with Crippen LogP contribution < -0.4 is 9.80 Å². The number of nitrogens with zero attached hydrogens (tertiary/aromatic N) is 5. The molecule has 3 aromatic rings. The molecule has 2 unspecified atom stereocenters. The van der Waals surface area contributed by atoms with Gasteiger partial charge in [-0.1, -0.05) is 30.3 Å². The molecular formula is C24H29N5O2. The van der Waals surface area contributed by atoms with Gasteiger partial charge in [0.25, 0.3) is 0 Å². The Bertz CT molecular complexity index is 1050. The van der Waals surface area contributed by atoms with E-state index in [2.05, 4.69) is 54.8 Å². The largest absolute Gasteiger partial charge is 0.377 e. The molecule has 0 radical (unpaired) electrons. The first kappa shape index (κ1) is 20.2. The summed E-state index contributed by atoms with van der Waals surface area (Å²) in [6.45, 7) is 10.1. The van der Waals surface area contributed by atoms with E-state index in [1.807, 2.05) is 18.2 Å². The van der Waals surface area contributed by atoms with Gasteiger partial charge in [0.1, 0.15) is 5.82 Å². The number of aromatic nitrogens is 3. The van der Waals surface area contributed by atoms with Crippen molar-refractivity contribution in [2.24, 2.45) is 0 Å². The zero-order chi connectivity index (χ0) is 21.4. The van der Waals surface area contributed by atoms with Crippen LogP contribution in [0.25, 0.3) is 22.3 Å². The Morgan fingerprint density at radius 1 is 0.903 bits per heavy atom. The summed E-state index contributed by atoms with van der Waals surface area (Å²) in [6, 6.07) is 14.7. The van der Waals surface area contributed by atoms with E-state index in [1.165, 1.54) is 0 Å². The fraction of sp³-hybridized carbons (Fsp3) is 0.458. The number of fused-ring (bicyclic) bond motifs is 1. The van der Waals surface area contributed by atoms with E-state index in [9.17, 15) is 0 Å². The highest BCUT2D eigenvalue weighted by Crippen LogP contribution is 2.31. The van der Waals surface area contributed by atoms with Crippen LogP contribution in [0.4, 0.5) is 11.8 Å². The Morgan fingerprint density at radius 2 is 1.68 bits per heavy atom. The minimum Gasteiger partial charge on any atom is -0.377 e. The summed E-state index contributed by atoms with van der Waals surface area (Å²) in [5.74, 6) is 1.66. The van der Waals surface area contributed by atoms with E-state index in [0.29, 0.717) is 13.2 Å². The van der Waals surface area contributed by atoms with Crippen molar-refractivity contribution in [2.45, 2.75) is 39.0 Å². The van der Waals surface area contributed by atoms with Crippen molar-refractivity contribution in [1.82, 2.24) is 15.0 Å². The molecule has 0 aliphatic carbocycles. The Balaban J connectivity index is 1.64. The number of morpholine rings is 2. The molecule has 2 fully saturated rings. The summed E-state index contributed by atoms with van der Waals surface area (Å²) in [4.78, 5) is 19.5. The van der Waals surface area contributed by atoms with Crippen LogP contribution in [-0.4, -0.2) is 66.0 Å². The van der Waals surface area contributed by atoms with Gasteiger partial charge in [-0.3, -0.25) is 0 Å². The van der Waals surface area contributed by atoms with Gasteiger partial charge in [-0.15, -0.1) is 0 Å². The first-order valence-corrected chi connectivity index (χ1v) is 11.1. The summed E-state index contributed by atoms with van der Waals surface area (Å²) in [7, 11) is 0. The third-order valence-electron chi connectivity index (χ3n) is 5.94. The van der Waals surface area contributed by atoms with Crippen molar-refractivity contribution in [2.75, 3.05) is 42.6 Å². The predicted molar refractivity (Wildman–Crippen MR) is 123 cm³/mol. The number of rotatable bonds is 3. The maximum absolute atomic E-state index is 5.93.